The molecule has 1 atom stereocenters. The SMILES string of the molecule is CC(C)N(C)Cc1ccc(NC(=O)C2CCS(=O)(=O)C2)cc1. The van der Waals surface area contributed by atoms with Gasteiger partial charge in [-0.05, 0) is 45.0 Å². The minimum atomic E-state index is -3.03. The van der Waals surface area contributed by atoms with Gasteiger partial charge < -0.3 is 5.32 Å². The Morgan fingerprint density at radius 3 is 2.45 bits per heavy atom. The Morgan fingerprint density at radius 1 is 1.32 bits per heavy atom. The summed E-state index contributed by atoms with van der Waals surface area (Å²) in [4.78, 5) is 14.3. The van der Waals surface area contributed by atoms with E-state index in [1.54, 1.807) is 0 Å². The summed E-state index contributed by atoms with van der Waals surface area (Å²) in [5.41, 5.74) is 1.89. The van der Waals surface area contributed by atoms with Gasteiger partial charge in [0.05, 0.1) is 17.4 Å². The van der Waals surface area contributed by atoms with Crippen molar-refractivity contribution >= 4 is 21.4 Å². The summed E-state index contributed by atoms with van der Waals surface area (Å²) in [6, 6.07) is 8.18. The third-order valence-electron chi connectivity index (χ3n) is 4.14. The Bertz CT molecular complexity index is 623. The van der Waals surface area contributed by atoms with E-state index in [2.05, 4.69) is 31.1 Å². The van der Waals surface area contributed by atoms with Gasteiger partial charge in [-0.25, -0.2) is 8.42 Å². The van der Waals surface area contributed by atoms with Gasteiger partial charge in [0.1, 0.15) is 0 Å². The monoisotopic (exact) mass is 324 g/mol. The molecule has 1 unspecified atom stereocenters. The van der Waals surface area contributed by atoms with Gasteiger partial charge >= 0.3 is 0 Å². The zero-order valence-electron chi connectivity index (χ0n) is 13.4. The number of hydrogen-bond donors (Lipinski definition) is 1. The third kappa shape index (κ3) is 4.55. The highest BCUT2D eigenvalue weighted by Crippen LogP contribution is 2.20. The number of rotatable bonds is 5. The van der Waals surface area contributed by atoms with Crippen molar-refractivity contribution in [3.05, 3.63) is 29.8 Å². The van der Waals surface area contributed by atoms with Crippen molar-refractivity contribution < 1.29 is 13.2 Å². The molecule has 1 saturated heterocycles. The first-order valence-electron chi connectivity index (χ1n) is 7.57. The lowest BCUT2D eigenvalue weighted by Gasteiger charge is -2.21. The molecule has 0 spiro atoms. The number of nitrogens with zero attached hydrogens (tertiary/aromatic N) is 1. The molecular weight excluding hydrogens is 300 g/mol. The van der Waals surface area contributed by atoms with Gasteiger partial charge in [0.15, 0.2) is 9.84 Å². The normalized spacial score (nSPS) is 20.5. The number of carbonyl (C=O) groups excluding carboxylic acids is 1. The van der Waals surface area contributed by atoms with Crippen LogP contribution in [0, 0.1) is 5.92 Å². The lowest BCUT2D eigenvalue weighted by atomic mass is 10.1. The van der Waals surface area contributed by atoms with Gasteiger partial charge in [0.2, 0.25) is 5.91 Å². The average Bonchev–Trinajstić information content (AvgIpc) is 2.81. The maximum Gasteiger partial charge on any atom is 0.228 e. The first kappa shape index (κ1) is 17.0. The molecule has 1 aliphatic heterocycles. The van der Waals surface area contributed by atoms with E-state index < -0.39 is 15.8 Å². The smallest absolute Gasteiger partial charge is 0.228 e. The van der Waals surface area contributed by atoms with E-state index >= 15 is 0 Å². The van der Waals surface area contributed by atoms with Crippen LogP contribution < -0.4 is 5.32 Å². The second-order valence-corrected chi connectivity index (χ2v) is 8.52. The van der Waals surface area contributed by atoms with Gasteiger partial charge in [-0.3, -0.25) is 9.69 Å². The van der Waals surface area contributed by atoms with Crippen LogP contribution in [0.15, 0.2) is 24.3 Å². The van der Waals surface area contributed by atoms with Gasteiger partial charge in [0.25, 0.3) is 0 Å². The minimum Gasteiger partial charge on any atom is -0.326 e. The van der Waals surface area contributed by atoms with Crippen LogP contribution in [0.25, 0.3) is 0 Å². The molecule has 1 aromatic rings. The Labute approximate surface area is 132 Å². The molecule has 2 rings (SSSR count). The Hall–Kier alpha value is -1.40. The van der Waals surface area contributed by atoms with Crippen LogP contribution in [-0.4, -0.2) is 43.8 Å². The summed E-state index contributed by atoms with van der Waals surface area (Å²) in [6.45, 7) is 5.14. The quantitative estimate of drug-likeness (QED) is 0.898. The highest BCUT2D eigenvalue weighted by molar-refractivity contribution is 7.91. The fraction of sp³-hybridized carbons (Fsp3) is 0.562. The third-order valence-corrected chi connectivity index (χ3v) is 5.91. The Kier molecular flexibility index (Phi) is 5.24. The fourth-order valence-corrected chi connectivity index (χ4v) is 4.15. The van der Waals surface area contributed by atoms with Crippen molar-refractivity contribution in [2.45, 2.75) is 32.9 Å². The number of anilines is 1. The lowest BCUT2D eigenvalue weighted by Crippen LogP contribution is -2.25. The van der Waals surface area contributed by atoms with Crippen LogP contribution in [0.1, 0.15) is 25.8 Å². The van der Waals surface area contributed by atoms with Crippen molar-refractivity contribution in [3.63, 3.8) is 0 Å². The van der Waals surface area contributed by atoms with Gasteiger partial charge in [-0.15, -0.1) is 0 Å². The molecule has 1 aromatic carbocycles. The number of sulfone groups is 1. The number of hydrogen-bond acceptors (Lipinski definition) is 4. The zero-order chi connectivity index (χ0) is 16.3. The second kappa shape index (κ2) is 6.79. The van der Waals surface area contributed by atoms with Crippen LogP contribution in [0.2, 0.25) is 0 Å². The van der Waals surface area contributed by atoms with Gasteiger partial charge in [0, 0.05) is 18.3 Å². The van der Waals surface area contributed by atoms with Crippen molar-refractivity contribution in [2.75, 3.05) is 23.9 Å². The Morgan fingerprint density at radius 2 is 1.95 bits per heavy atom. The summed E-state index contributed by atoms with van der Waals surface area (Å²) < 4.78 is 22.8. The highest BCUT2D eigenvalue weighted by atomic mass is 32.2. The molecule has 1 fully saturated rings. The number of amides is 1. The maximum atomic E-state index is 12.1. The van der Waals surface area contributed by atoms with Crippen LogP contribution in [0.5, 0.6) is 0 Å². The summed E-state index contributed by atoms with van der Waals surface area (Å²) in [5.74, 6) is -0.536. The number of nitrogens with one attached hydrogen (secondary N) is 1. The largest absolute Gasteiger partial charge is 0.326 e. The summed E-state index contributed by atoms with van der Waals surface area (Å²) in [5, 5.41) is 2.81. The van der Waals surface area contributed by atoms with Crippen LogP contribution >= 0.6 is 0 Å². The second-order valence-electron chi connectivity index (χ2n) is 6.29. The van der Waals surface area contributed by atoms with E-state index in [0.29, 0.717) is 18.2 Å². The summed E-state index contributed by atoms with van der Waals surface area (Å²) in [6.07, 6.45) is 0.422. The Balaban J connectivity index is 1.92. The number of benzene rings is 1. The van der Waals surface area contributed by atoms with E-state index in [-0.39, 0.29) is 17.4 Å². The lowest BCUT2D eigenvalue weighted by molar-refractivity contribution is -0.119. The van der Waals surface area contributed by atoms with Crippen molar-refractivity contribution in [3.8, 4) is 0 Å². The molecule has 0 radical (unpaired) electrons. The van der Waals surface area contributed by atoms with Gasteiger partial charge in [-0.1, -0.05) is 12.1 Å². The molecule has 0 bridgehead atoms. The fourth-order valence-electron chi connectivity index (χ4n) is 2.41. The molecule has 0 aromatic heterocycles. The zero-order valence-corrected chi connectivity index (χ0v) is 14.2. The maximum absolute atomic E-state index is 12.1. The molecule has 6 heteroatoms. The van der Waals surface area contributed by atoms with Crippen LogP contribution in [0.4, 0.5) is 5.69 Å². The topological polar surface area (TPSA) is 66.5 Å². The highest BCUT2D eigenvalue weighted by Gasteiger charge is 2.32. The molecule has 1 amide bonds. The van der Waals surface area contributed by atoms with Crippen LogP contribution in [0.3, 0.4) is 0 Å². The first-order chi connectivity index (χ1) is 10.3. The minimum absolute atomic E-state index is 0.0316. The van der Waals surface area contributed by atoms with E-state index in [9.17, 15) is 13.2 Å². The molecule has 22 heavy (non-hydrogen) atoms. The van der Waals surface area contributed by atoms with Crippen LogP contribution in [-0.2, 0) is 21.2 Å². The van der Waals surface area contributed by atoms with E-state index in [1.165, 1.54) is 5.56 Å². The van der Waals surface area contributed by atoms with Crippen molar-refractivity contribution in [1.82, 2.24) is 4.90 Å². The number of carbonyl (C=O) groups is 1. The first-order valence-corrected chi connectivity index (χ1v) is 9.39. The van der Waals surface area contributed by atoms with E-state index in [0.717, 1.165) is 6.54 Å². The van der Waals surface area contributed by atoms with E-state index in [1.807, 2.05) is 24.3 Å². The molecule has 1 N–H and O–H groups in total. The standard InChI is InChI=1S/C16H24N2O3S/c1-12(2)18(3)10-13-4-6-15(7-5-13)17-16(19)14-8-9-22(20,21)11-14/h4-7,12,14H,8-11H2,1-3H3,(H,17,19). The molecule has 0 aliphatic carbocycles. The van der Waals surface area contributed by atoms with Crippen molar-refractivity contribution in [2.24, 2.45) is 5.92 Å². The molecular formula is C16H24N2O3S. The van der Waals surface area contributed by atoms with Gasteiger partial charge in [-0.2, -0.15) is 0 Å². The molecule has 0 saturated carbocycles. The predicted octanol–water partition coefficient (Wildman–Crippen LogP) is 1.90. The molecule has 1 heterocycles. The molecule has 1 aliphatic rings. The molecule has 5 nitrogen and oxygen atoms in total. The van der Waals surface area contributed by atoms with Crippen molar-refractivity contribution in [1.29, 1.82) is 0 Å². The predicted molar refractivity (Wildman–Crippen MR) is 88.4 cm³/mol. The average molecular weight is 324 g/mol. The molecule has 122 valence electrons. The summed E-state index contributed by atoms with van der Waals surface area (Å²) in [7, 11) is -0.957. The van der Waals surface area contributed by atoms with E-state index in [4.69, 9.17) is 0 Å². The summed E-state index contributed by atoms with van der Waals surface area (Å²) >= 11 is 0.